The molecule has 2 aromatic rings. The van der Waals surface area contributed by atoms with E-state index in [1.54, 1.807) is 6.92 Å². The van der Waals surface area contributed by atoms with Crippen molar-refractivity contribution in [3.8, 4) is 0 Å². The molecule has 1 aliphatic carbocycles. The van der Waals surface area contributed by atoms with Crippen LogP contribution in [-0.4, -0.2) is 32.1 Å². The van der Waals surface area contributed by atoms with E-state index in [2.05, 4.69) is 10.3 Å². The van der Waals surface area contributed by atoms with Gasteiger partial charge in [-0.25, -0.2) is 9.78 Å². The molecule has 1 unspecified atom stereocenters. The molecule has 0 radical (unpaired) electrons. The van der Waals surface area contributed by atoms with Crippen molar-refractivity contribution in [2.75, 3.05) is 0 Å². The Bertz CT molecular complexity index is 764. The van der Waals surface area contributed by atoms with E-state index in [-0.39, 0.29) is 12.5 Å². The van der Waals surface area contributed by atoms with Gasteiger partial charge in [0.05, 0.1) is 11.0 Å². The van der Waals surface area contributed by atoms with Gasteiger partial charge in [0.2, 0.25) is 5.91 Å². The number of amides is 1. The standard InChI is InChI=1S/C17H21N3O3/c1-3-17(2,16(22)23)19-14(21)10-20-13-7-5-4-6-12(13)18-15(20)11-8-9-11/h4-7,11H,3,8-10H2,1-2H3,(H,19,21)(H,22,23). The molecule has 1 aromatic carbocycles. The van der Waals surface area contributed by atoms with Crippen LogP contribution in [0.3, 0.4) is 0 Å². The zero-order valence-electron chi connectivity index (χ0n) is 13.4. The number of nitrogens with zero attached hydrogens (tertiary/aromatic N) is 2. The quantitative estimate of drug-likeness (QED) is 0.856. The number of fused-ring (bicyclic) bond motifs is 1. The maximum atomic E-state index is 12.4. The zero-order valence-corrected chi connectivity index (χ0v) is 13.4. The molecule has 122 valence electrons. The third kappa shape index (κ3) is 2.93. The molecule has 1 aliphatic rings. The van der Waals surface area contributed by atoms with Crippen LogP contribution in [0.4, 0.5) is 0 Å². The van der Waals surface area contributed by atoms with Gasteiger partial charge in [0, 0.05) is 5.92 Å². The molecule has 1 aromatic heterocycles. The van der Waals surface area contributed by atoms with E-state index in [0.29, 0.717) is 12.3 Å². The SMILES string of the molecule is CCC(C)(NC(=O)Cn1c(C2CC2)nc2ccccc21)C(=O)O. The van der Waals surface area contributed by atoms with Crippen LogP contribution in [-0.2, 0) is 16.1 Å². The molecule has 0 spiro atoms. The molecule has 2 N–H and O–H groups in total. The van der Waals surface area contributed by atoms with Crippen molar-refractivity contribution >= 4 is 22.9 Å². The Morgan fingerprint density at radius 3 is 2.70 bits per heavy atom. The van der Waals surface area contributed by atoms with Crippen molar-refractivity contribution in [2.45, 2.75) is 51.1 Å². The minimum Gasteiger partial charge on any atom is -0.480 e. The summed E-state index contributed by atoms with van der Waals surface area (Å²) in [5.41, 5.74) is 0.546. The summed E-state index contributed by atoms with van der Waals surface area (Å²) in [6, 6.07) is 7.72. The van der Waals surface area contributed by atoms with Gasteiger partial charge in [-0.3, -0.25) is 4.79 Å². The van der Waals surface area contributed by atoms with Crippen molar-refractivity contribution in [1.29, 1.82) is 0 Å². The number of hydrogen-bond acceptors (Lipinski definition) is 3. The first-order valence-electron chi connectivity index (χ1n) is 7.94. The van der Waals surface area contributed by atoms with Gasteiger partial charge in [0.15, 0.2) is 0 Å². The topological polar surface area (TPSA) is 84.2 Å². The molecule has 23 heavy (non-hydrogen) atoms. The molecule has 1 atom stereocenters. The highest BCUT2D eigenvalue weighted by atomic mass is 16.4. The summed E-state index contributed by atoms with van der Waals surface area (Å²) >= 11 is 0. The zero-order chi connectivity index (χ0) is 16.6. The van der Waals surface area contributed by atoms with Gasteiger partial charge in [0.1, 0.15) is 17.9 Å². The van der Waals surface area contributed by atoms with Gasteiger partial charge >= 0.3 is 5.97 Å². The second kappa shape index (κ2) is 5.68. The summed E-state index contributed by atoms with van der Waals surface area (Å²) in [6.07, 6.45) is 2.51. The van der Waals surface area contributed by atoms with Crippen molar-refractivity contribution < 1.29 is 14.7 Å². The predicted molar refractivity (Wildman–Crippen MR) is 86.2 cm³/mol. The van der Waals surface area contributed by atoms with Crippen LogP contribution in [0.1, 0.15) is 44.9 Å². The smallest absolute Gasteiger partial charge is 0.329 e. The van der Waals surface area contributed by atoms with E-state index in [0.717, 1.165) is 29.7 Å². The fraction of sp³-hybridized carbons (Fsp3) is 0.471. The Labute approximate surface area is 134 Å². The molecule has 1 fully saturated rings. The van der Waals surface area contributed by atoms with Crippen LogP contribution >= 0.6 is 0 Å². The van der Waals surface area contributed by atoms with Gasteiger partial charge in [-0.15, -0.1) is 0 Å². The Morgan fingerprint density at radius 2 is 2.09 bits per heavy atom. The second-order valence-corrected chi connectivity index (χ2v) is 6.36. The maximum absolute atomic E-state index is 12.4. The normalized spacial score (nSPS) is 17.0. The Balaban J connectivity index is 1.87. The molecule has 1 amide bonds. The molecule has 1 saturated carbocycles. The lowest BCUT2D eigenvalue weighted by molar-refractivity contribution is -0.147. The van der Waals surface area contributed by atoms with Crippen molar-refractivity contribution in [2.24, 2.45) is 0 Å². The van der Waals surface area contributed by atoms with Crippen molar-refractivity contribution in [3.05, 3.63) is 30.1 Å². The van der Waals surface area contributed by atoms with Crippen LogP contribution < -0.4 is 5.32 Å². The number of carboxylic acid groups (broad SMARTS) is 1. The lowest BCUT2D eigenvalue weighted by Crippen LogP contribution is -2.52. The molecule has 0 bridgehead atoms. The number of carbonyl (C=O) groups excluding carboxylic acids is 1. The van der Waals surface area contributed by atoms with E-state index >= 15 is 0 Å². The molecule has 6 nitrogen and oxygen atoms in total. The van der Waals surface area contributed by atoms with Crippen LogP contribution in [0, 0.1) is 0 Å². The fourth-order valence-electron chi connectivity index (χ4n) is 2.70. The van der Waals surface area contributed by atoms with Crippen LogP contribution in [0.5, 0.6) is 0 Å². The highest BCUT2D eigenvalue weighted by molar-refractivity contribution is 5.87. The van der Waals surface area contributed by atoms with Gasteiger partial charge in [-0.1, -0.05) is 19.1 Å². The average Bonchev–Trinajstić information content (AvgIpc) is 3.30. The van der Waals surface area contributed by atoms with E-state index in [1.165, 1.54) is 6.92 Å². The van der Waals surface area contributed by atoms with Crippen LogP contribution in [0.15, 0.2) is 24.3 Å². The van der Waals surface area contributed by atoms with Gasteiger partial charge in [-0.2, -0.15) is 0 Å². The Hall–Kier alpha value is -2.37. The van der Waals surface area contributed by atoms with Crippen molar-refractivity contribution in [1.82, 2.24) is 14.9 Å². The number of rotatable bonds is 6. The minimum absolute atomic E-state index is 0.0925. The summed E-state index contributed by atoms with van der Waals surface area (Å²) in [4.78, 5) is 28.4. The number of nitrogens with one attached hydrogen (secondary N) is 1. The average molecular weight is 315 g/mol. The fourth-order valence-corrected chi connectivity index (χ4v) is 2.70. The number of carbonyl (C=O) groups is 2. The summed E-state index contributed by atoms with van der Waals surface area (Å²) < 4.78 is 1.92. The van der Waals surface area contributed by atoms with E-state index in [1.807, 2.05) is 28.8 Å². The van der Waals surface area contributed by atoms with Crippen LogP contribution in [0.25, 0.3) is 11.0 Å². The summed E-state index contributed by atoms with van der Waals surface area (Å²) in [5.74, 6) is 0.00941. The summed E-state index contributed by atoms with van der Waals surface area (Å²) in [7, 11) is 0. The first-order valence-corrected chi connectivity index (χ1v) is 7.94. The first kappa shape index (κ1) is 15.5. The molecular formula is C17H21N3O3. The third-order valence-corrected chi connectivity index (χ3v) is 4.52. The Kier molecular flexibility index (Phi) is 3.83. The van der Waals surface area contributed by atoms with E-state index in [9.17, 15) is 14.7 Å². The number of aromatic nitrogens is 2. The third-order valence-electron chi connectivity index (χ3n) is 4.52. The molecule has 0 aliphatic heterocycles. The lowest BCUT2D eigenvalue weighted by Gasteiger charge is -2.25. The van der Waals surface area contributed by atoms with E-state index in [4.69, 9.17) is 0 Å². The highest BCUT2D eigenvalue weighted by Crippen LogP contribution is 2.40. The number of hydrogen-bond donors (Lipinski definition) is 2. The lowest BCUT2D eigenvalue weighted by atomic mass is 9.99. The second-order valence-electron chi connectivity index (χ2n) is 6.36. The molecular weight excluding hydrogens is 294 g/mol. The predicted octanol–water partition coefficient (Wildman–Crippen LogP) is 2.28. The van der Waals surface area contributed by atoms with Gasteiger partial charge < -0.3 is 15.0 Å². The minimum atomic E-state index is -1.24. The van der Waals surface area contributed by atoms with Gasteiger partial charge in [0.25, 0.3) is 0 Å². The Morgan fingerprint density at radius 1 is 1.39 bits per heavy atom. The first-order chi connectivity index (χ1) is 10.9. The van der Waals surface area contributed by atoms with Gasteiger partial charge in [-0.05, 0) is 38.3 Å². The number of imidazole rings is 1. The van der Waals surface area contributed by atoms with Crippen molar-refractivity contribution in [3.63, 3.8) is 0 Å². The molecule has 3 rings (SSSR count). The monoisotopic (exact) mass is 315 g/mol. The largest absolute Gasteiger partial charge is 0.480 e. The number of benzene rings is 1. The molecule has 0 saturated heterocycles. The highest BCUT2D eigenvalue weighted by Gasteiger charge is 2.34. The summed E-state index contributed by atoms with van der Waals surface area (Å²) in [6.45, 7) is 3.37. The molecule has 6 heteroatoms. The summed E-state index contributed by atoms with van der Waals surface area (Å²) in [5, 5.41) is 11.9. The number of carboxylic acids is 1. The molecule has 1 heterocycles. The van der Waals surface area contributed by atoms with E-state index < -0.39 is 11.5 Å². The van der Waals surface area contributed by atoms with Crippen LogP contribution in [0.2, 0.25) is 0 Å². The maximum Gasteiger partial charge on any atom is 0.329 e. The number of para-hydroxylation sites is 2. The number of aliphatic carboxylic acids is 1.